The Morgan fingerprint density at radius 1 is 1.31 bits per heavy atom. The smallest absolute Gasteiger partial charge is 0.0507 e. The van der Waals surface area contributed by atoms with Crippen LogP contribution in [0.4, 0.5) is 0 Å². The minimum atomic E-state index is 0.671. The molecule has 2 rings (SSSR count). The molecule has 0 bridgehead atoms. The monoisotopic (exact) mass is 226 g/mol. The molecule has 0 spiro atoms. The van der Waals surface area contributed by atoms with E-state index in [1.54, 1.807) is 0 Å². The van der Waals surface area contributed by atoms with Gasteiger partial charge in [-0.25, -0.2) is 0 Å². The van der Waals surface area contributed by atoms with Crippen molar-refractivity contribution in [2.24, 2.45) is 11.8 Å². The van der Waals surface area contributed by atoms with Crippen LogP contribution in [-0.4, -0.2) is 50.3 Å². The molecule has 1 N–H and O–H groups in total. The molecule has 0 aliphatic carbocycles. The molecule has 0 aromatic heterocycles. The summed E-state index contributed by atoms with van der Waals surface area (Å²) < 4.78 is 5.46. The van der Waals surface area contributed by atoms with E-state index in [-0.39, 0.29) is 0 Å². The zero-order chi connectivity index (χ0) is 11.4. The lowest BCUT2D eigenvalue weighted by Gasteiger charge is -2.32. The molecule has 3 unspecified atom stereocenters. The molecule has 2 fully saturated rings. The summed E-state index contributed by atoms with van der Waals surface area (Å²) in [6.45, 7) is 11.5. The Balaban J connectivity index is 1.80. The van der Waals surface area contributed by atoms with Crippen molar-refractivity contribution in [3.8, 4) is 0 Å². The zero-order valence-corrected chi connectivity index (χ0v) is 10.7. The lowest BCUT2D eigenvalue weighted by Crippen LogP contribution is -2.44. The SMILES string of the molecule is CC1CNC(C)CCN(CC2CCOC2)C1. The van der Waals surface area contributed by atoms with Gasteiger partial charge in [0.25, 0.3) is 0 Å². The second-order valence-electron chi connectivity index (χ2n) is 5.69. The summed E-state index contributed by atoms with van der Waals surface area (Å²) in [5, 5.41) is 3.60. The summed E-state index contributed by atoms with van der Waals surface area (Å²) in [7, 11) is 0. The molecule has 3 heteroatoms. The zero-order valence-electron chi connectivity index (χ0n) is 10.7. The molecule has 0 aromatic carbocycles. The first-order chi connectivity index (χ1) is 7.74. The molecule has 0 amide bonds. The van der Waals surface area contributed by atoms with Gasteiger partial charge in [-0.15, -0.1) is 0 Å². The van der Waals surface area contributed by atoms with Crippen molar-refractivity contribution in [1.29, 1.82) is 0 Å². The summed E-state index contributed by atoms with van der Waals surface area (Å²) in [4.78, 5) is 2.65. The van der Waals surface area contributed by atoms with Crippen molar-refractivity contribution in [3.63, 3.8) is 0 Å². The molecule has 2 aliphatic rings. The fourth-order valence-corrected chi connectivity index (χ4v) is 2.74. The van der Waals surface area contributed by atoms with Crippen LogP contribution in [0.2, 0.25) is 0 Å². The van der Waals surface area contributed by atoms with Crippen molar-refractivity contribution in [1.82, 2.24) is 10.2 Å². The van der Waals surface area contributed by atoms with Crippen LogP contribution in [0.25, 0.3) is 0 Å². The van der Waals surface area contributed by atoms with Crippen LogP contribution in [0.5, 0.6) is 0 Å². The van der Waals surface area contributed by atoms with Crippen molar-refractivity contribution in [2.75, 3.05) is 39.4 Å². The van der Waals surface area contributed by atoms with Crippen molar-refractivity contribution in [2.45, 2.75) is 32.7 Å². The number of ether oxygens (including phenoxy) is 1. The van der Waals surface area contributed by atoms with Crippen LogP contribution in [0.1, 0.15) is 26.7 Å². The van der Waals surface area contributed by atoms with E-state index in [4.69, 9.17) is 4.74 Å². The second kappa shape index (κ2) is 5.99. The average Bonchev–Trinajstić information content (AvgIpc) is 2.74. The summed E-state index contributed by atoms with van der Waals surface area (Å²) in [5.41, 5.74) is 0. The Labute approximate surface area is 99.5 Å². The fourth-order valence-electron chi connectivity index (χ4n) is 2.74. The van der Waals surface area contributed by atoms with Gasteiger partial charge in [0.05, 0.1) is 6.61 Å². The van der Waals surface area contributed by atoms with Gasteiger partial charge in [0.2, 0.25) is 0 Å². The number of hydrogen-bond donors (Lipinski definition) is 1. The summed E-state index contributed by atoms with van der Waals surface area (Å²) in [6, 6.07) is 0.671. The third-order valence-corrected chi connectivity index (χ3v) is 3.80. The van der Waals surface area contributed by atoms with E-state index in [0.717, 1.165) is 25.0 Å². The minimum absolute atomic E-state index is 0.671. The Morgan fingerprint density at radius 3 is 2.94 bits per heavy atom. The molecule has 94 valence electrons. The first kappa shape index (κ1) is 12.3. The predicted molar refractivity (Wildman–Crippen MR) is 66.6 cm³/mol. The van der Waals surface area contributed by atoms with Gasteiger partial charge in [0.15, 0.2) is 0 Å². The van der Waals surface area contributed by atoms with Gasteiger partial charge in [-0.05, 0) is 44.7 Å². The van der Waals surface area contributed by atoms with E-state index in [9.17, 15) is 0 Å². The minimum Gasteiger partial charge on any atom is -0.381 e. The third-order valence-electron chi connectivity index (χ3n) is 3.80. The fraction of sp³-hybridized carbons (Fsp3) is 1.00. The van der Waals surface area contributed by atoms with Crippen LogP contribution in [0.15, 0.2) is 0 Å². The number of nitrogens with zero attached hydrogens (tertiary/aromatic N) is 1. The molecule has 0 radical (unpaired) electrons. The first-order valence-corrected chi connectivity index (χ1v) is 6.77. The molecule has 2 heterocycles. The topological polar surface area (TPSA) is 24.5 Å². The average molecular weight is 226 g/mol. The summed E-state index contributed by atoms with van der Waals surface area (Å²) >= 11 is 0. The molecule has 3 atom stereocenters. The van der Waals surface area contributed by atoms with Crippen molar-refractivity contribution >= 4 is 0 Å². The lowest BCUT2D eigenvalue weighted by molar-refractivity contribution is 0.149. The van der Waals surface area contributed by atoms with E-state index >= 15 is 0 Å². The van der Waals surface area contributed by atoms with Crippen LogP contribution < -0.4 is 5.32 Å². The normalized spacial score (nSPS) is 38.2. The molecule has 3 nitrogen and oxygen atoms in total. The number of hydrogen-bond acceptors (Lipinski definition) is 3. The Bertz CT molecular complexity index is 204. The van der Waals surface area contributed by atoms with Crippen molar-refractivity contribution in [3.05, 3.63) is 0 Å². The second-order valence-corrected chi connectivity index (χ2v) is 5.69. The number of nitrogens with one attached hydrogen (secondary N) is 1. The van der Waals surface area contributed by atoms with E-state index in [1.165, 1.54) is 39.0 Å². The van der Waals surface area contributed by atoms with Crippen LogP contribution in [0.3, 0.4) is 0 Å². The lowest BCUT2D eigenvalue weighted by atomic mass is 10.0. The summed E-state index contributed by atoms with van der Waals surface area (Å²) in [5.74, 6) is 1.56. The van der Waals surface area contributed by atoms with Crippen LogP contribution in [-0.2, 0) is 4.74 Å². The first-order valence-electron chi connectivity index (χ1n) is 6.77. The van der Waals surface area contributed by atoms with E-state index in [0.29, 0.717) is 6.04 Å². The molecule has 2 saturated heterocycles. The highest BCUT2D eigenvalue weighted by Crippen LogP contribution is 2.16. The highest BCUT2D eigenvalue weighted by atomic mass is 16.5. The Hall–Kier alpha value is -0.120. The van der Waals surface area contributed by atoms with Gasteiger partial charge in [-0.3, -0.25) is 0 Å². The van der Waals surface area contributed by atoms with Gasteiger partial charge in [0, 0.05) is 25.7 Å². The molecule has 0 aromatic rings. The molecular formula is C13H26N2O. The standard InChI is InChI=1S/C13H26N2O/c1-11-7-14-12(2)3-5-15(8-11)9-13-4-6-16-10-13/h11-14H,3-10H2,1-2H3. The number of rotatable bonds is 2. The largest absolute Gasteiger partial charge is 0.381 e. The van der Waals surface area contributed by atoms with E-state index < -0.39 is 0 Å². The van der Waals surface area contributed by atoms with Crippen LogP contribution >= 0.6 is 0 Å². The van der Waals surface area contributed by atoms with Gasteiger partial charge >= 0.3 is 0 Å². The maximum Gasteiger partial charge on any atom is 0.0507 e. The van der Waals surface area contributed by atoms with E-state index in [2.05, 4.69) is 24.1 Å². The Morgan fingerprint density at radius 2 is 2.19 bits per heavy atom. The quantitative estimate of drug-likeness (QED) is 0.769. The van der Waals surface area contributed by atoms with Crippen LogP contribution in [0, 0.1) is 11.8 Å². The van der Waals surface area contributed by atoms with E-state index in [1.807, 2.05) is 0 Å². The summed E-state index contributed by atoms with van der Waals surface area (Å²) in [6.07, 6.45) is 2.54. The molecule has 0 saturated carbocycles. The maximum atomic E-state index is 5.46. The molecule has 16 heavy (non-hydrogen) atoms. The van der Waals surface area contributed by atoms with Gasteiger partial charge in [-0.1, -0.05) is 6.92 Å². The van der Waals surface area contributed by atoms with Gasteiger partial charge in [0.1, 0.15) is 0 Å². The highest BCUT2D eigenvalue weighted by Gasteiger charge is 2.22. The molecule has 2 aliphatic heterocycles. The third kappa shape index (κ3) is 3.72. The predicted octanol–water partition coefficient (Wildman–Crippen LogP) is 1.34. The van der Waals surface area contributed by atoms with Gasteiger partial charge in [-0.2, -0.15) is 0 Å². The van der Waals surface area contributed by atoms with Crippen molar-refractivity contribution < 1.29 is 4.74 Å². The molecular weight excluding hydrogens is 200 g/mol. The Kier molecular flexibility index (Phi) is 4.62. The maximum absolute atomic E-state index is 5.46. The highest BCUT2D eigenvalue weighted by molar-refractivity contribution is 4.76. The van der Waals surface area contributed by atoms with Gasteiger partial charge < -0.3 is 15.0 Å².